The molecule has 1 fully saturated rings. The van der Waals surface area contributed by atoms with Gasteiger partial charge < -0.3 is 24.8 Å². The van der Waals surface area contributed by atoms with E-state index in [2.05, 4.69) is 32.2 Å². The van der Waals surface area contributed by atoms with Crippen molar-refractivity contribution in [2.45, 2.75) is 5.92 Å². The predicted octanol–water partition coefficient (Wildman–Crippen LogP) is 3.89. The second kappa shape index (κ2) is 9.21. The molecule has 2 aliphatic heterocycles. The summed E-state index contributed by atoms with van der Waals surface area (Å²) in [7, 11) is 0. The van der Waals surface area contributed by atoms with E-state index < -0.39 is 12.0 Å². The Kier molecular flexibility index (Phi) is 5.96. The zero-order valence-corrected chi connectivity index (χ0v) is 19.5. The van der Waals surface area contributed by atoms with E-state index in [1.807, 2.05) is 36.4 Å². The Labute approximate surface area is 203 Å². The lowest BCUT2D eigenvalue weighted by Crippen LogP contribution is -2.42. The molecule has 3 aromatic rings. The SMILES string of the molecule is N#CC1=C(N)Oc2n[nH]c(-c3ccc(Br)cc3)c2[C@H]1c1ccc(OC(=O)N2CCOCC2)cc1. The van der Waals surface area contributed by atoms with Crippen molar-refractivity contribution >= 4 is 22.0 Å². The van der Waals surface area contributed by atoms with Gasteiger partial charge in [0.05, 0.1) is 30.4 Å². The van der Waals surface area contributed by atoms with Crippen molar-refractivity contribution in [3.8, 4) is 29.0 Å². The number of fused-ring (bicyclic) bond motifs is 1. The van der Waals surface area contributed by atoms with Gasteiger partial charge in [0.15, 0.2) is 0 Å². The first-order valence-electron chi connectivity index (χ1n) is 10.6. The van der Waals surface area contributed by atoms with Gasteiger partial charge in [0, 0.05) is 23.1 Å². The minimum Gasteiger partial charge on any atom is -0.420 e. The fourth-order valence-corrected chi connectivity index (χ4v) is 4.32. The summed E-state index contributed by atoms with van der Waals surface area (Å²) in [6.07, 6.45) is -0.418. The topological polar surface area (TPSA) is 126 Å². The maximum atomic E-state index is 12.4. The highest BCUT2D eigenvalue weighted by atomic mass is 79.9. The van der Waals surface area contributed by atoms with Gasteiger partial charge in [-0.25, -0.2) is 4.79 Å². The van der Waals surface area contributed by atoms with Gasteiger partial charge in [-0.05, 0) is 29.8 Å². The minimum atomic E-state index is -0.504. The molecule has 3 heterocycles. The molecule has 1 aromatic heterocycles. The van der Waals surface area contributed by atoms with E-state index in [1.165, 1.54) is 0 Å². The first kappa shape index (κ1) is 22.0. The number of morpholine rings is 1. The van der Waals surface area contributed by atoms with Gasteiger partial charge in [0.25, 0.3) is 0 Å². The first-order valence-corrected chi connectivity index (χ1v) is 11.4. The third-order valence-corrected chi connectivity index (χ3v) is 6.29. The van der Waals surface area contributed by atoms with Crippen LogP contribution in [0.25, 0.3) is 11.3 Å². The number of nitriles is 1. The van der Waals surface area contributed by atoms with E-state index in [4.69, 9.17) is 19.9 Å². The fraction of sp³-hybridized carbons (Fsp3) is 0.208. The van der Waals surface area contributed by atoms with Crippen molar-refractivity contribution in [1.29, 1.82) is 5.26 Å². The lowest BCUT2D eigenvalue weighted by molar-refractivity contribution is 0.0416. The molecule has 2 aromatic carbocycles. The van der Waals surface area contributed by atoms with Gasteiger partial charge in [0.1, 0.15) is 17.4 Å². The van der Waals surface area contributed by atoms with Crippen molar-refractivity contribution in [3.05, 3.63) is 75.6 Å². The molecule has 5 rings (SSSR count). The molecule has 10 heteroatoms. The lowest BCUT2D eigenvalue weighted by atomic mass is 9.83. The van der Waals surface area contributed by atoms with E-state index in [9.17, 15) is 10.1 Å². The van der Waals surface area contributed by atoms with Gasteiger partial charge in [-0.2, -0.15) is 5.26 Å². The Bertz CT molecular complexity index is 1290. The number of hydrogen-bond acceptors (Lipinski definition) is 7. The van der Waals surface area contributed by atoms with Crippen LogP contribution in [-0.2, 0) is 4.74 Å². The molecule has 0 aliphatic carbocycles. The molecule has 3 N–H and O–H groups in total. The molecular formula is C24H20BrN5O4. The van der Waals surface area contributed by atoms with Gasteiger partial charge in [-0.3, -0.25) is 5.10 Å². The third-order valence-electron chi connectivity index (χ3n) is 5.76. The average Bonchev–Trinajstić information content (AvgIpc) is 3.28. The summed E-state index contributed by atoms with van der Waals surface area (Å²) in [4.78, 5) is 14.0. The summed E-state index contributed by atoms with van der Waals surface area (Å²) in [5.74, 6) is 0.234. The predicted molar refractivity (Wildman–Crippen MR) is 126 cm³/mol. The number of aromatic nitrogens is 2. The van der Waals surface area contributed by atoms with Crippen LogP contribution in [0.1, 0.15) is 17.0 Å². The van der Waals surface area contributed by atoms with E-state index >= 15 is 0 Å². The second-order valence-electron chi connectivity index (χ2n) is 7.79. The van der Waals surface area contributed by atoms with Crippen LogP contribution < -0.4 is 15.2 Å². The smallest absolute Gasteiger partial charge is 0.415 e. The molecule has 0 radical (unpaired) electrons. The summed E-state index contributed by atoms with van der Waals surface area (Å²) < 4.78 is 17.4. The number of H-pyrrole nitrogens is 1. The van der Waals surface area contributed by atoms with E-state index in [-0.39, 0.29) is 11.5 Å². The molecular weight excluding hydrogens is 502 g/mol. The Morgan fingerprint density at radius 1 is 1.18 bits per heavy atom. The van der Waals surface area contributed by atoms with Crippen molar-refractivity contribution in [2.24, 2.45) is 5.73 Å². The molecule has 2 aliphatic rings. The van der Waals surface area contributed by atoms with E-state index in [0.29, 0.717) is 43.5 Å². The molecule has 1 atom stereocenters. The number of allylic oxidation sites excluding steroid dienone is 1. The summed E-state index contributed by atoms with van der Waals surface area (Å²) >= 11 is 3.45. The highest BCUT2D eigenvalue weighted by Crippen LogP contribution is 2.45. The van der Waals surface area contributed by atoms with Crippen LogP contribution >= 0.6 is 15.9 Å². The van der Waals surface area contributed by atoms with Crippen molar-refractivity contribution in [1.82, 2.24) is 15.1 Å². The van der Waals surface area contributed by atoms with Gasteiger partial charge in [-0.15, -0.1) is 5.10 Å². The fourth-order valence-electron chi connectivity index (χ4n) is 4.05. The summed E-state index contributed by atoms with van der Waals surface area (Å²) in [5.41, 5.74) is 9.47. The number of carbonyl (C=O) groups excluding carboxylic acids is 1. The number of hydrogen-bond donors (Lipinski definition) is 2. The molecule has 9 nitrogen and oxygen atoms in total. The van der Waals surface area contributed by atoms with Gasteiger partial charge >= 0.3 is 6.09 Å². The Hall–Kier alpha value is -3.81. The van der Waals surface area contributed by atoms with E-state index in [0.717, 1.165) is 21.3 Å². The zero-order chi connectivity index (χ0) is 23.7. The maximum Gasteiger partial charge on any atom is 0.415 e. The van der Waals surface area contributed by atoms with Crippen LogP contribution in [0.4, 0.5) is 4.79 Å². The van der Waals surface area contributed by atoms with E-state index in [1.54, 1.807) is 17.0 Å². The number of aromatic amines is 1. The average molecular weight is 522 g/mol. The third kappa shape index (κ3) is 4.11. The summed E-state index contributed by atoms with van der Waals surface area (Å²) in [6.45, 7) is 1.99. The monoisotopic (exact) mass is 521 g/mol. The van der Waals surface area contributed by atoms with Gasteiger partial charge in [-0.1, -0.05) is 40.2 Å². The van der Waals surface area contributed by atoms with Crippen LogP contribution in [0.5, 0.6) is 11.6 Å². The Morgan fingerprint density at radius 2 is 1.88 bits per heavy atom. The highest BCUT2D eigenvalue weighted by Gasteiger charge is 2.35. The number of halogens is 1. The maximum absolute atomic E-state index is 12.4. The standard InChI is InChI=1S/C24H20BrN5O4/c25-16-5-1-15(2-6-16)21-20-19(18(13-26)22(27)34-23(20)29-28-21)14-3-7-17(8-4-14)33-24(31)30-9-11-32-12-10-30/h1-8,19H,9-12,27H2,(H,28,29)/t19-/m0/s1. The number of nitrogens with two attached hydrogens (primary N) is 1. The normalized spacial score (nSPS) is 17.5. The number of carbonyl (C=O) groups is 1. The van der Waals surface area contributed by atoms with Crippen LogP contribution in [0.3, 0.4) is 0 Å². The Balaban J connectivity index is 1.48. The lowest BCUT2D eigenvalue weighted by Gasteiger charge is -2.26. The number of amides is 1. The number of ether oxygens (including phenoxy) is 3. The molecule has 0 unspecified atom stereocenters. The summed E-state index contributed by atoms with van der Waals surface area (Å²) in [5, 5.41) is 17.2. The Morgan fingerprint density at radius 3 is 2.56 bits per heavy atom. The molecule has 1 amide bonds. The van der Waals surface area contributed by atoms with Crippen molar-refractivity contribution < 1.29 is 19.0 Å². The van der Waals surface area contributed by atoms with Crippen LogP contribution in [0.2, 0.25) is 0 Å². The van der Waals surface area contributed by atoms with Crippen molar-refractivity contribution in [2.75, 3.05) is 26.3 Å². The molecule has 0 saturated carbocycles. The molecule has 0 spiro atoms. The van der Waals surface area contributed by atoms with Crippen molar-refractivity contribution in [3.63, 3.8) is 0 Å². The quantitative estimate of drug-likeness (QED) is 0.535. The zero-order valence-electron chi connectivity index (χ0n) is 18.0. The van der Waals surface area contributed by atoms with Crippen LogP contribution in [-0.4, -0.2) is 47.5 Å². The first-order chi connectivity index (χ1) is 16.5. The minimum absolute atomic E-state index is 0.0108. The number of nitrogens with zero attached hydrogens (tertiary/aromatic N) is 3. The van der Waals surface area contributed by atoms with Crippen LogP contribution in [0, 0.1) is 11.3 Å². The molecule has 34 heavy (non-hydrogen) atoms. The number of rotatable bonds is 3. The largest absolute Gasteiger partial charge is 0.420 e. The highest BCUT2D eigenvalue weighted by molar-refractivity contribution is 9.10. The summed E-state index contributed by atoms with van der Waals surface area (Å²) in [6, 6.07) is 16.9. The molecule has 0 bridgehead atoms. The molecule has 1 saturated heterocycles. The molecule has 172 valence electrons. The van der Waals surface area contributed by atoms with Gasteiger partial charge in [0.2, 0.25) is 11.8 Å². The second-order valence-corrected chi connectivity index (χ2v) is 8.70. The number of nitrogens with one attached hydrogen (secondary N) is 1. The number of benzene rings is 2. The van der Waals surface area contributed by atoms with Crippen LogP contribution in [0.15, 0.2) is 64.5 Å².